The minimum absolute atomic E-state index is 0.0386. The van der Waals surface area contributed by atoms with Gasteiger partial charge in [-0.25, -0.2) is 0 Å². The summed E-state index contributed by atoms with van der Waals surface area (Å²) < 4.78 is 6.14. The van der Waals surface area contributed by atoms with E-state index in [9.17, 15) is 4.79 Å². The number of ether oxygens (including phenoxy) is 1. The predicted octanol–water partition coefficient (Wildman–Crippen LogP) is 4.57. The van der Waals surface area contributed by atoms with Crippen molar-refractivity contribution in [3.05, 3.63) is 71.8 Å². The zero-order chi connectivity index (χ0) is 14.5. The van der Waals surface area contributed by atoms with Crippen molar-refractivity contribution in [3.63, 3.8) is 0 Å². The van der Waals surface area contributed by atoms with Gasteiger partial charge in [0.15, 0.2) is 5.78 Å². The van der Waals surface area contributed by atoms with Crippen LogP contribution in [-0.4, -0.2) is 11.9 Å². The van der Waals surface area contributed by atoms with Gasteiger partial charge in [0.25, 0.3) is 0 Å². The molecule has 108 valence electrons. The molecule has 0 aliphatic carbocycles. The Morgan fingerprint density at radius 2 is 1.62 bits per heavy atom. The summed E-state index contributed by atoms with van der Waals surface area (Å²) in [7, 11) is 0. The van der Waals surface area contributed by atoms with E-state index in [1.54, 1.807) is 0 Å². The number of carbonyl (C=O) groups is 1. The van der Waals surface area contributed by atoms with Crippen LogP contribution in [0.25, 0.3) is 0 Å². The molecule has 0 saturated carbocycles. The molecule has 0 unspecified atom stereocenters. The first-order valence-corrected chi connectivity index (χ1v) is 7.61. The van der Waals surface area contributed by atoms with Gasteiger partial charge in [0.05, 0.1) is 12.2 Å². The normalized spacial score (nSPS) is 21.9. The molecule has 2 aromatic carbocycles. The summed E-state index contributed by atoms with van der Waals surface area (Å²) in [6.45, 7) is 0. The Morgan fingerprint density at radius 1 is 0.952 bits per heavy atom. The summed E-state index contributed by atoms with van der Waals surface area (Å²) in [6.07, 6.45) is 3.78. The largest absolute Gasteiger partial charge is 0.370 e. The van der Waals surface area contributed by atoms with Crippen molar-refractivity contribution < 1.29 is 9.53 Å². The maximum Gasteiger partial charge on any atom is 0.165 e. The quantitative estimate of drug-likeness (QED) is 0.767. The van der Waals surface area contributed by atoms with Gasteiger partial charge in [-0.2, -0.15) is 0 Å². The summed E-state index contributed by atoms with van der Waals surface area (Å²) in [4.78, 5) is 12.3. The van der Waals surface area contributed by atoms with E-state index in [2.05, 4.69) is 12.1 Å². The van der Waals surface area contributed by atoms with Crippen molar-refractivity contribution in [2.24, 2.45) is 0 Å². The zero-order valence-corrected chi connectivity index (χ0v) is 12.1. The first kappa shape index (κ1) is 14.0. The average Bonchev–Trinajstić information content (AvgIpc) is 2.57. The van der Waals surface area contributed by atoms with E-state index in [0.717, 1.165) is 24.8 Å². The molecule has 3 rings (SSSR count). The highest BCUT2D eigenvalue weighted by atomic mass is 16.5. The maximum absolute atomic E-state index is 12.3. The Balaban J connectivity index is 1.63. The number of hydrogen-bond donors (Lipinski definition) is 0. The van der Waals surface area contributed by atoms with Crippen LogP contribution in [0.5, 0.6) is 0 Å². The smallest absolute Gasteiger partial charge is 0.165 e. The molecule has 1 aliphatic rings. The highest BCUT2D eigenvalue weighted by Crippen LogP contribution is 2.32. The van der Waals surface area contributed by atoms with E-state index in [1.807, 2.05) is 48.5 Å². The number of Topliss-reactive ketones (excluding diaryl/α,β-unsaturated/α-hetero) is 1. The van der Waals surface area contributed by atoms with E-state index < -0.39 is 0 Å². The van der Waals surface area contributed by atoms with Gasteiger partial charge in [0.2, 0.25) is 0 Å². The monoisotopic (exact) mass is 280 g/mol. The van der Waals surface area contributed by atoms with E-state index in [-0.39, 0.29) is 18.0 Å². The summed E-state index contributed by atoms with van der Waals surface area (Å²) in [5, 5.41) is 0. The van der Waals surface area contributed by atoms with Gasteiger partial charge in [-0.1, -0.05) is 60.7 Å². The fourth-order valence-corrected chi connectivity index (χ4v) is 2.91. The summed E-state index contributed by atoms with van der Waals surface area (Å²) in [5.41, 5.74) is 2.00. The van der Waals surface area contributed by atoms with Crippen LogP contribution in [0, 0.1) is 0 Å². The van der Waals surface area contributed by atoms with Gasteiger partial charge >= 0.3 is 0 Å². The minimum atomic E-state index is 0.0386. The molecule has 1 saturated heterocycles. The highest BCUT2D eigenvalue weighted by Gasteiger charge is 2.25. The Bertz CT molecular complexity index is 577. The SMILES string of the molecule is O=C(C[C@H]1CCC[C@H](c2ccccc2)O1)c1ccccc1. The first-order chi connectivity index (χ1) is 10.3. The lowest BCUT2D eigenvalue weighted by molar-refractivity contribution is -0.0508. The van der Waals surface area contributed by atoms with E-state index in [4.69, 9.17) is 4.74 Å². The van der Waals surface area contributed by atoms with Crippen LogP contribution in [0.3, 0.4) is 0 Å². The van der Waals surface area contributed by atoms with Gasteiger partial charge in [0.1, 0.15) is 0 Å². The van der Waals surface area contributed by atoms with Crippen LogP contribution < -0.4 is 0 Å². The molecule has 0 radical (unpaired) electrons. The molecule has 0 aromatic heterocycles. The molecule has 2 nitrogen and oxygen atoms in total. The van der Waals surface area contributed by atoms with Gasteiger partial charge in [0, 0.05) is 12.0 Å². The molecule has 1 fully saturated rings. The third-order valence-corrected chi connectivity index (χ3v) is 4.03. The van der Waals surface area contributed by atoms with Crippen LogP contribution in [0.4, 0.5) is 0 Å². The second-order valence-corrected chi connectivity index (χ2v) is 5.58. The third-order valence-electron chi connectivity index (χ3n) is 4.03. The van der Waals surface area contributed by atoms with Gasteiger partial charge in [-0.15, -0.1) is 0 Å². The number of carbonyl (C=O) groups excluding carboxylic acids is 1. The van der Waals surface area contributed by atoms with E-state index in [1.165, 1.54) is 5.56 Å². The summed E-state index contributed by atoms with van der Waals surface area (Å²) >= 11 is 0. The first-order valence-electron chi connectivity index (χ1n) is 7.61. The summed E-state index contributed by atoms with van der Waals surface area (Å²) in [5.74, 6) is 0.175. The van der Waals surface area contributed by atoms with Crippen molar-refractivity contribution >= 4 is 5.78 Å². The standard InChI is InChI=1S/C19H20O2/c20-18(15-8-3-1-4-9-15)14-17-12-7-13-19(21-17)16-10-5-2-6-11-16/h1-6,8-11,17,19H,7,12-14H2/t17-,19-/m1/s1. The van der Waals surface area contributed by atoms with Crippen molar-refractivity contribution in [3.8, 4) is 0 Å². The van der Waals surface area contributed by atoms with Crippen molar-refractivity contribution in [1.82, 2.24) is 0 Å². The van der Waals surface area contributed by atoms with Gasteiger partial charge in [-0.05, 0) is 24.8 Å². The lowest BCUT2D eigenvalue weighted by Gasteiger charge is -2.30. The van der Waals surface area contributed by atoms with Crippen molar-refractivity contribution in [2.45, 2.75) is 37.9 Å². The van der Waals surface area contributed by atoms with Gasteiger partial charge in [-0.3, -0.25) is 4.79 Å². The fraction of sp³-hybridized carbons (Fsp3) is 0.316. The minimum Gasteiger partial charge on any atom is -0.370 e. The topological polar surface area (TPSA) is 26.3 Å². The second-order valence-electron chi connectivity index (χ2n) is 5.58. The molecule has 2 aromatic rings. The molecule has 1 heterocycles. The Morgan fingerprint density at radius 3 is 2.33 bits per heavy atom. The van der Waals surface area contributed by atoms with Crippen LogP contribution in [0.15, 0.2) is 60.7 Å². The summed E-state index contributed by atoms with van der Waals surface area (Å²) in [6, 6.07) is 19.8. The van der Waals surface area contributed by atoms with Gasteiger partial charge < -0.3 is 4.74 Å². The lowest BCUT2D eigenvalue weighted by Crippen LogP contribution is -2.25. The molecule has 0 N–H and O–H groups in total. The third kappa shape index (κ3) is 3.59. The Hall–Kier alpha value is -1.93. The highest BCUT2D eigenvalue weighted by molar-refractivity contribution is 5.96. The number of hydrogen-bond acceptors (Lipinski definition) is 2. The molecule has 2 atom stereocenters. The van der Waals surface area contributed by atoms with E-state index in [0.29, 0.717) is 6.42 Å². The number of rotatable bonds is 4. The number of ketones is 1. The van der Waals surface area contributed by atoms with Crippen LogP contribution in [0.1, 0.15) is 47.7 Å². The molecular formula is C19H20O2. The van der Waals surface area contributed by atoms with Crippen LogP contribution in [-0.2, 0) is 4.74 Å². The molecule has 0 amide bonds. The van der Waals surface area contributed by atoms with Crippen LogP contribution in [0.2, 0.25) is 0 Å². The lowest BCUT2D eigenvalue weighted by atomic mass is 9.95. The zero-order valence-electron chi connectivity index (χ0n) is 12.1. The van der Waals surface area contributed by atoms with E-state index >= 15 is 0 Å². The number of benzene rings is 2. The van der Waals surface area contributed by atoms with Crippen molar-refractivity contribution in [1.29, 1.82) is 0 Å². The second kappa shape index (κ2) is 6.68. The van der Waals surface area contributed by atoms with Crippen molar-refractivity contribution in [2.75, 3.05) is 0 Å². The Labute approximate surface area is 125 Å². The molecule has 1 aliphatic heterocycles. The molecular weight excluding hydrogens is 260 g/mol. The molecule has 0 bridgehead atoms. The fourth-order valence-electron chi connectivity index (χ4n) is 2.91. The molecule has 0 spiro atoms. The maximum atomic E-state index is 12.3. The average molecular weight is 280 g/mol. The molecule has 2 heteroatoms. The Kier molecular flexibility index (Phi) is 4.46. The van der Waals surface area contributed by atoms with Crippen LogP contribution >= 0.6 is 0 Å². The molecule has 21 heavy (non-hydrogen) atoms. The predicted molar refractivity (Wildman–Crippen MR) is 83.3 cm³/mol.